The zero-order valence-electron chi connectivity index (χ0n) is 8.46. The molecule has 76 valence electrons. The molecule has 0 unspecified atom stereocenters. The third kappa shape index (κ3) is 1.42. The third-order valence-electron chi connectivity index (χ3n) is 3.18. The lowest BCUT2D eigenvalue weighted by molar-refractivity contribution is 0.689. The molecule has 0 bridgehead atoms. The number of benzene rings is 1. The lowest BCUT2D eigenvalue weighted by Crippen LogP contribution is -2.03. The summed E-state index contributed by atoms with van der Waals surface area (Å²) in [6.45, 7) is 0. The van der Waals surface area contributed by atoms with Crippen LogP contribution in [0.15, 0.2) is 24.4 Å². The Morgan fingerprint density at radius 3 is 2.87 bits per heavy atom. The van der Waals surface area contributed by atoms with Crippen molar-refractivity contribution < 1.29 is 0 Å². The molecule has 2 heteroatoms. The minimum atomic E-state index is 0.813. The van der Waals surface area contributed by atoms with E-state index in [2.05, 4.69) is 17.1 Å². The molecule has 1 nitrogen and oxygen atoms in total. The van der Waals surface area contributed by atoms with Gasteiger partial charge in [0.2, 0.25) is 0 Å². The molecule has 0 spiro atoms. The highest BCUT2D eigenvalue weighted by molar-refractivity contribution is 6.35. The van der Waals surface area contributed by atoms with E-state index in [1.165, 1.54) is 30.4 Å². The molecule has 0 N–H and O–H groups in total. The Balaban J connectivity index is 2.36. The molecule has 0 saturated heterocycles. The second-order valence-electron chi connectivity index (χ2n) is 4.10. The van der Waals surface area contributed by atoms with Gasteiger partial charge in [0.05, 0.1) is 10.5 Å². The topological polar surface area (TPSA) is 12.9 Å². The van der Waals surface area contributed by atoms with E-state index in [1.54, 1.807) is 6.20 Å². The summed E-state index contributed by atoms with van der Waals surface area (Å²) in [5.74, 6) is 0. The molecule has 0 aliphatic heterocycles. The molecule has 2 aromatic rings. The summed E-state index contributed by atoms with van der Waals surface area (Å²) in [5, 5.41) is 1.91. The van der Waals surface area contributed by atoms with Gasteiger partial charge in [-0.3, -0.25) is 4.98 Å². The van der Waals surface area contributed by atoms with Crippen LogP contribution in [0.4, 0.5) is 0 Å². The van der Waals surface area contributed by atoms with Crippen molar-refractivity contribution in [2.24, 2.45) is 0 Å². The van der Waals surface area contributed by atoms with E-state index >= 15 is 0 Å². The van der Waals surface area contributed by atoms with Crippen molar-refractivity contribution in [3.63, 3.8) is 0 Å². The van der Waals surface area contributed by atoms with Crippen molar-refractivity contribution in [1.82, 2.24) is 4.98 Å². The number of aromatic nitrogens is 1. The summed E-state index contributed by atoms with van der Waals surface area (Å²) in [6, 6.07) is 6.18. The van der Waals surface area contributed by atoms with E-state index < -0.39 is 0 Å². The van der Waals surface area contributed by atoms with Gasteiger partial charge in [-0.1, -0.05) is 23.7 Å². The van der Waals surface area contributed by atoms with E-state index in [0.29, 0.717) is 0 Å². The van der Waals surface area contributed by atoms with E-state index in [1.807, 2.05) is 6.07 Å². The predicted octanol–water partition coefficient (Wildman–Crippen LogP) is 3.77. The quantitative estimate of drug-likeness (QED) is 0.655. The van der Waals surface area contributed by atoms with E-state index in [-0.39, 0.29) is 0 Å². The first-order valence-electron chi connectivity index (χ1n) is 5.41. The van der Waals surface area contributed by atoms with Crippen LogP contribution >= 0.6 is 11.6 Å². The van der Waals surface area contributed by atoms with Crippen LogP contribution in [0.5, 0.6) is 0 Å². The largest absolute Gasteiger partial charge is 0.256 e. The van der Waals surface area contributed by atoms with Gasteiger partial charge in [-0.2, -0.15) is 0 Å². The Labute approximate surface area is 94.1 Å². The Morgan fingerprint density at radius 1 is 1.07 bits per heavy atom. The van der Waals surface area contributed by atoms with Crippen LogP contribution < -0.4 is 0 Å². The number of hydrogen-bond donors (Lipinski definition) is 0. The molecule has 1 aromatic carbocycles. The monoisotopic (exact) mass is 217 g/mol. The first kappa shape index (κ1) is 9.17. The fourth-order valence-corrected chi connectivity index (χ4v) is 2.62. The van der Waals surface area contributed by atoms with Crippen molar-refractivity contribution in [2.45, 2.75) is 25.7 Å². The summed E-state index contributed by atoms with van der Waals surface area (Å²) in [5.41, 5.74) is 3.99. The smallest absolute Gasteiger partial charge is 0.0751 e. The molecule has 1 aromatic heterocycles. The maximum Gasteiger partial charge on any atom is 0.0751 e. The SMILES string of the molecule is Clc1ccnc2c3c(ccc12)CCCC3. The Morgan fingerprint density at radius 2 is 1.93 bits per heavy atom. The Bertz CT molecular complexity index is 519. The Hall–Kier alpha value is -1.08. The molecule has 0 atom stereocenters. The molecule has 1 aliphatic carbocycles. The van der Waals surface area contributed by atoms with Crippen LogP contribution in [-0.4, -0.2) is 4.98 Å². The molecular formula is C13H12ClN. The highest BCUT2D eigenvalue weighted by atomic mass is 35.5. The van der Waals surface area contributed by atoms with E-state index in [9.17, 15) is 0 Å². The van der Waals surface area contributed by atoms with Crippen molar-refractivity contribution in [1.29, 1.82) is 0 Å². The van der Waals surface area contributed by atoms with Gasteiger partial charge in [0, 0.05) is 11.6 Å². The van der Waals surface area contributed by atoms with Crippen molar-refractivity contribution >= 4 is 22.5 Å². The van der Waals surface area contributed by atoms with Crippen LogP contribution in [0.1, 0.15) is 24.0 Å². The number of rotatable bonds is 0. The first-order chi connectivity index (χ1) is 7.36. The van der Waals surface area contributed by atoms with Gasteiger partial charge in [0.1, 0.15) is 0 Å². The number of aryl methyl sites for hydroxylation is 2. The molecular weight excluding hydrogens is 206 g/mol. The van der Waals surface area contributed by atoms with Crippen LogP contribution in [0.2, 0.25) is 5.02 Å². The second kappa shape index (κ2) is 3.49. The molecule has 3 rings (SSSR count). The summed E-state index contributed by atoms with van der Waals surface area (Å²) in [6.07, 6.45) is 6.73. The number of fused-ring (bicyclic) bond motifs is 3. The minimum Gasteiger partial charge on any atom is -0.256 e. The lowest BCUT2D eigenvalue weighted by Gasteiger charge is -2.17. The predicted molar refractivity (Wildman–Crippen MR) is 63.4 cm³/mol. The normalized spacial score (nSPS) is 15.3. The fourth-order valence-electron chi connectivity index (χ4n) is 2.42. The molecule has 0 radical (unpaired) electrons. The first-order valence-corrected chi connectivity index (χ1v) is 5.79. The number of pyridine rings is 1. The molecule has 0 saturated carbocycles. The summed E-state index contributed by atoms with van der Waals surface area (Å²) in [4.78, 5) is 4.47. The van der Waals surface area contributed by atoms with Crippen molar-refractivity contribution in [3.05, 3.63) is 40.5 Å². The fraction of sp³-hybridized carbons (Fsp3) is 0.308. The molecule has 15 heavy (non-hydrogen) atoms. The van der Waals surface area contributed by atoms with Crippen LogP contribution in [0.3, 0.4) is 0 Å². The van der Waals surface area contributed by atoms with Crippen LogP contribution in [0.25, 0.3) is 10.9 Å². The van der Waals surface area contributed by atoms with Crippen molar-refractivity contribution in [3.8, 4) is 0 Å². The zero-order valence-corrected chi connectivity index (χ0v) is 9.22. The maximum absolute atomic E-state index is 6.16. The van der Waals surface area contributed by atoms with Crippen molar-refractivity contribution in [2.75, 3.05) is 0 Å². The standard InChI is InChI=1S/C13H12ClN/c14-12-7-8-15-13-10-4-2-1-3-9(10)5-6-11(12)13/h5-8H,1-4H2. The van der Waals surface area contributed by atoms with Gasteiger partial charge in [-0.05, 0) is 42.9 Å². The zero-order chi connectivity index (χ0) is 10.3. The highest BCUT2D eigenvalue weighted by Gasteiger charge is 2.13. The average Bonchev–Trinajstić information content (AvgIpc) is 2.29. The maximum atomic E-state index is 6.16. The number of nitrogens with zero attached hydrogens (tertiary/aromatic N) is 1. The molecule has 0 amide bonds. The van der Waals surface area contributed by atoms with Gasteiger partial charge in [-0.15, -0.1) is 0 Å². The van der Waals surface area contributed by atoms with Crippen LogP contribution in [-0.2, 0) is 12.8 Å². The summed E-state index contributed by atoms with van der Waals surface area (Å²) < 4.78 is 0. The molecule has 0 fully saturated rings. The second-order valence-corrected chi connectivity index (χ2v) is 4.51. The minimum absolute atomic E-state index is 0.813. The Kier molecular flexibility index (Phi) is 2.14. The van der Waals surface area contributed by atoms with Crippen LogP contribution in [0, 0.1) is 0 Å². The van der Waals surface area contributed by atoms with Gasteiger partial charge in [0.25, 0.3) is 0 Å². The summed E-state index contributed by atoms with van der Waals surface area (Å²) >= 11 is 6.16. The van der Waals surface area contributed by atoms with E-state index in [4.69, 9.17) is 11.6 Å². The number of hydrogen-bond acceptors (Lipinski definition) is 1. The van der Waals surface area contributed by atoms with E-state index in [0.717, 1.165) is 22.3 Å². The summed E-state index contributed by atoms with van der Waals surface area (Å²) in [7, 11) is 0. The highest BCUT2D eigenvalue weighted by Crippen LogP contribution is 2.30. The van der Waals surface area contributed by atoms with Gasteiger partial charge >= 0.3 is 0 Å². The molecule has 1 heterocycles. The molecule has 1 aliphatic rings. The third-order valence-corrected chi connectivity index (χ3v) is 3.51. The van der Waals surface area contributed by atoms with Gasteiger partial charge in [0.15, 0.2) is 0 Å². The average molecular weight is 218 g/mol. The lowest BCUT2D eigenvalue weighted by atomic mass is 9.90. The van der Waals surface area contributed by atoms with Gasteiger partial charge in [-0.25, -0.2) is 0 Å². The number of halogens is 1. The van der Waals surface area contributed by atoms with Gasteiger partial charge < -0.3 is 0 Å².